The van der Waals surface area contributed by atoms with Crippen molar-refractivity contribution in [2.75, 3.05) is 7.11 Å². The van der Waals surface area contributed by atoms with Crippen molar-refractivity contribution in [1.29, 1.82) is 0 Å². The Morgan fingerprint density at radius 3 is 2.95 bits per heavy atom. The third-order valence-electron chi connectivity index (χ3n) is 2.58. The summed E-state index contributed by atoms with van der Waals surface area (Å²) in [6.07, 6.45) is 2.59. The molecular weight excluding hydrogens is 248 g/mol. The third kappa shape index (κ3) is 2.98. The van der Waals surface area contributed by atoms with Crippen molar-refractivity contribution in [3.05, 3.63) is 58.3 Å². The second-order valence-corrected chi connectivity index (χ2v) is 3.92. The molecule has 0 fully saturated rings. The lowest BCUT2D eigenvalue weighted by Crippen LogP contribution is -2.20. The van der Waals surface area contributed by atoms with Gasteiger partial charge in [-0.2, -0.15) is 4.98 Å². The van der Waals surface area contributed by atoms with Crippen LogP contribution in [0, 0.1) is 0 Å². The van der Waals surface area contributed by atoms with Gasteiger partial charge in [-0.15, -0.1) is 0 Å². The minimum absolute atomic E-state index is 0.342. The van der Waals surface area contributed by atoms with Crippen molar-refractivity contribution in [2.24, 2.45) is 0 Å². The number of nitrogens with zero attached hydrogens (tertiary/aromatic N) is 2. The molecule has 6 heteroatoms. The van der Waals surface area contributed by atoms with E-state index in [2.05, 4.69) is 4.98 Å². The molecule has 0 saturated carbocycles. The molecule has 1 aromatic carbocycles. The summed E-state index contributed by atoms with van der Waals surface area (Å²) in [5.41, 5.74) is -0.166. The van der Waals surface area contributed by atoms with E-state index in [0.29, 0.717) is 12.3 Å². The van der Waals surface area contributed by atoms with E-state index in [-0.39, 0.29) is 5.56 Å². The second kappa shape index (κ2) is 5.34. The second-order valence-electron chi connectivity index (χ2n) is 3.92. The summed E-state index contributed by atoms with van der Waals surface area (Å²) in [5, 5.41) is 8.87. The first-order chi connectivity index (χ1) is 9.10. The van der Waals surface area contributed by atoms with Gasteiger partial charge in [0.2, 0.25) is 0 Å². The first kappa shape index (κ1) is 12.8. The molecular formula is C13H12N2O4. The fourth-order valence-electron chi connectivity index (χ4n) is 1.67. The number of aromatic carboxylic acids is 1. The van der Waals surface area contributed by atoms with Crippen LogP contribution < -0.4 is 10.3 Å². The van der Waals surface area contributed by atoms with Gasteiger partial charge >= 0.3 is 5.97 Å². The van der Waals surface area contributed by atoms with Gasteiger partial charge in [0, 0.05) is 12.7 Å². The highest BCUT2D eigenvalue weighted by Crippen LogP contribution is 2.13. The van der Waals surface area contributed by atoms with Gasteiger partial charge in [-0.1, -0.05) is 12.1 Å². The Morgan fingerprint density at radius 1 is 1.47 bits per heavy atom. The van der Waals surface area contributed by atoms with E-state index in [1.807, 2.05) is 24.3 Å². The minimum Gasteiger partial charge on any atom is -0.497 e. The molecule has 1 heterocycles. The molecule has 0 aliphatic heterocycles. The number of aromatic nitrogens is 2. The Balaban J connectivity index is 2.30. The molecule has 2 rings (SSSR count). The number of benzene rings is 1. The molecule has 1 aromatic heterocycles. The van der Waals surface area contributed by atoms with Crippen molar-refractivity contribution in [3.63, 3.8) is 0 Å². The molecule has 0 radical (unpaired) electrons. The topological polar surface area (TPSA) is 81.4 Å². The van der Waals surface area contributed by atoms with Crippen LogP contribution >= 0.6 is 0 Å². The summed E-state index contributed by atoms with van der Waals surface area (Å²) in [4.78, 5) is 25.6. The normalized spacial score (nSPS) is 10.2. The van der Waals surface area contributed by atoms with Crippen LogP contribution in [0.4, 0.5) is 0 Å². The maximum atomic E-state index is 11.2. The highest BCUT2D eigenvalue weighted by Gasteiger charge is 2.09. The monoisotopic (exact) mass is 260 g/mol. The Labute approximate surface area is 108 Å². The summed E-state index contributed by atoms with van der Waals surface area (Å²) < 4.78 is 6.65. The van der Waals surface area contributed by atoms with Crippen LogP contribution in [0.15, 0.2) is 41.6 Å². The number of methoxy groups -OCH3 is 1. The molecule has 0 spiro atoms. The quantitative estimate of drug-likeness (QED) is 0.886. The molecule has 98 valence electrons. The molecule has 0 bridgehead atoms. The molecule has 6 nitrogen and oxygen atoms in total. The van der Waals surface area contributed by atoms with Gasteiger partial charge in [0.25, 0.3) is 5.56 Å². The molecule has 0 atom stereocenters. The largest absolute Gasteiger partial charge is 0.497 e. The molecule has 0 amide bonds. The molecule has 1 N–H and O–H groups in total. The SMILES string of the molecule is COc1cccc(Cn2cnc(=O)c(C(=O)O)c2)c1. The number of carboxylic acid groups (broad SMARTS) is 1. The average Bonchev–Trinajstić information content (AvgIpc) is 2.41. The van der Waals surface area contributed by atoms with Gasteiger partial charge < -0.3 is 14.4 Å². The summed E-state index contributed by atoms with van der Waals surface area (Å²) in [6.45, 7) is 0.408. The zero-order valence-corrected chi connectivity index (χ0v) is 10.2. The van der Waals surface area contributed by atoms with E-state index in [1.165, 1.54) is 12.5 Å². The molecule has 0 unspecified atom stereocenters. The predicted octanol–water partition coefficient (Wildman–Crippen LogP) is 0.998. The van der Waals surface area contributed by atoms with E-state index in [1.54, 1.807) is 11.7 Å². The summed E-state index contributed by atoms with van der Waals surface area (Å²) in [5.74, 6) is -0.567. The Kier molecular flexibility index (Phi) is 3.61. The number of hydrogen-bond acceptors (Lipinski definition) is 4. The predicted molar refractivity (Wildman–Crippen MR) is 67.6 cm³/mol. The van der Waals surface area contributed by atoms with Gasteiger partial charge in [0.05, 0.1) is 13.4 Å². The van der Waals surface area contributed by atoms with Crippen LogP contribution in [-0.2, 0) is 6.54 Å². The average molecular weight is 260 g/mol. The fourth-order valence-corrected chi connectivity index (χ4v) is 1.67. The molecule has 19 heavy (non-hydrogen) atoms. The number of ether oxygens (including phenoxy) is 1. The lowest BCUT2D eigenvalue weighted by Gasteiger charge is -2.08. The third-order valence-corrected chi connectivity index (χ3v) is 2.58. The molecule has 0 aliphatic carbocycles. The van der Waals surface area contributed by atoms with Crippen molar-refractivity contribution in [3.8, 4) is 5.75 Å². The van der Waals surface area contributed by atoms with Crippen LogP contribution in [0.1, 0.15) is 15.9 Å². The Hall–Kier alpha value is -2.63. The van der Waals surface area contributed by atoms with Gasteiger partial charge in [-0.3, -0.25) is 4.79 Å². The van der Waals surface area contributed by atoms with E-state index >= 15 is 0 Å². The van der Waals surface area contributed by atoms with Gasteiger partial charge in [0.1, 0.15) is 11.3 Å². The van der Waals surface area contributed by atoms with Crippen molar-refractivity contribution in [1.82, 2.24) is 9.55 Å². The van der Waals surface area contributed by atoms with Gasteiger partial charge in [-0.05, 0) is 17.7 Å². The Morgan fingerprint density at radius 2 is 2.26 bits per heavy atom. The van der Waals surface area contributed by atoms with E-state index in [9.17, 15) is 9.59 Å². The van der Waals surface area contributed by atoms with Crippen LogP contribution in [0.25, 0.3) is 0 Å². The van der Waals surface area contributed by atoms with Crippen LogP contribution in [0.3, 0.4) is 0 Å². The smallest absolute Gasteiger partial charge is 0.342 e. The van der Waals surface area contributed by atoms with Crippen molar-refractivity contribution >= 4 is 5.97 Å². The minimum atomic E-state index is -1.28. The summed E-state index contributed by atoms with van der Waals surface area (Å²) >= 11 is 0. The number of carboxylic acids is 1. The number of rotatable bonds is 4. The van der Waals surface area contributed by atoms with E-state index < -0.39 is 11.5 Å². The van der Waals surface area contributed by atoms with Crippen molar-refractivity contribution < 1.29 is 14.6 Å². The molecule has 2 aromatic rings. The molecule has 0 saturated heterocycles. The lowest BCUT2D eigenvalue weighted by molar-refractivity contribution is 0.0694. The zero-order chi connectivity index (χ0) is 13.8. The zero-order valence-electron chi connectivity index (χ0n) is 10.2. The van der Waals surface area contributed by atoms with Crippen LogP contribution in [0.2, 0.25) is 0 Å². The highest BCUT2D eigenvalue weighted by atomic mass is 16.5. The standard InChI is InChI=1S/C13H12N2O4/c1-19-10-4-2-3-9(5-10)6-15-7-11(13(17)18)12(16)14-8-15/h2-5,7-8H,6H2,1H3,(H,17,18). The van der Waals surface area contributed by atoms with Crippen molar-refractivity contribution in [2.45, 2.75) is 6.54 Å². The van der Waals surface area contributed by atoms with Gasteiger partial charge in [-0.25, -0.2) is 4.79 Å². The maximum Gasteiger partial charge on any atom is 0.342 e. The molecule has 0 aliphatic rings. The van der Waals surface area contributed by atoms with E-state index in [4.69, 9.17) is 9.84 Å². The van der Waals surface area contributed by atoms with Gasteiger partial charge in [0.15, 0.2) is 0 Å². The fraction of sp³-hybridized carbons (Fsp3) is 0.154. The summed E-state index contributed by atoms with van der Waals surface area (Å²) in [7, 11) is 1.57. The maximum absolute atomic E-state index is 11.2. The van der Waals surface area contributed by atoms with Crippen LogP contribution in [0.5, 0.6) is 5.75 Å². The Bertz CT molecular complexity index is 664. The van der Waals surface area contributed by atoms with Crippen LogP contribution in [-0.4, -0.2) is 27.7 Å². The first-order valence-corrected chi connectivity index (χ1v) is 5.52. The first-order valence-electron chi connectivity index (χ1n) is 5.52. The number of hydrogen-bond donors (Lipinski definition) is 1. The lowest BCUT2D eigenvalue weighted by atomic mass is 10.2. The van der Waals surface area contributed by atoms with E-state index in [0.717, 1.165) is 5.56 Å². The number of carbonyl (C=O) groups is 1. The summed E-state index contributed by atoms with van der Waals surface area (Å²) in [6, 6.07) is 7.36. The highest BCUT2D eigenvalue weighted by molar-refractivity contribution is 5.86.